The summed E-state index contributed by atoms with van der Waals surface area (Å²) < 4.78 is 2.60. The highest BCUT2D eigenvalue weighted by atomic mass is 32.1. The first kappa shape index (κ1) is 28.9. The third-order valence-corrected chi connectivity index (χ3v) is 12.4. The summed E-state index contributed by atoms with van der Waals surface area (Å²) in [4.78, 5) is 5.08. The standard InChI is InChI=1S/C46H29BN2S2/c1-3-12-30(13-4-1)44-32-26-28-50-42(32)24-22-38(44)48-36-18-9-7-16-34(36)47-35-17-8-10-19-37(35)49(41-21-11-20-40(48)46(41)47)39-23-25-43-33(27-29-51-43)45(39)31-14-5-2-6-15-31/h1-29H. The zero-order chi connectivity index (χ0) is 33.5. The van der Waals surface area contributed by atoms with Gasteiger partial charge in [0.1, 0.15) is 0 Å². The molecular weight excluding hydrogens is 655 g/mol. The highest BCUT2D eigenvalue weighted by Crippen LogP contribution is 2.50. The summed E-state index contributed by atoms with van der Waals surface area (Å²) >= 11 is 3.61. The summed E-state index contributed by atoms with van der Waals surface area (Å²) in [7, 11) is 0. The van der Waals surface area contributed by atoms with E-state index in [9.17, 15) is 0 Å². The van der Waals surface area contributed by atoms with Gasteiger partial charge in [0.15, 0.2) is 0 Å². The minimum Gasteiger partial charge on any atom is -0.311 e. The largest absolute Gasteiger partial charge is 0.311 e. The van der Waals surface area contributed by atoms with Crippen molar-refractivity contribution in [2.75, 3.05) is 9.80 Å². The Hall–Kier alpha value is -5.88. The van der Waals surface area contributed by atoms with E-state index >= 15 is 0 Å². The Morgan fingerprint density at radius 3 is 1.27 bits per heavy atom. The Morgan fingerprint density at radius 2 is 0.784 bits per heavy atom. The molecular formula is C46H29BN2S2. The van der Waals surface area contributed by atoms with Crippen molar-refractivity contribution >= 4 is 100 Å². The lowest BCUT2D eigenvalue weighted by Gasteiger charge is -2.44. The summed E-state index contributed by atoms with van der Waals surface area (Å²) in [5.74, 6) is 0. The molecule has 0 N–H and O–H groups in total. The molecule has 9 aromatic rings. The highest BCUT2D eigenvalue weighted by Gasteiger charge is 2.43. The number of fused-ring (bicyclic) bond motifs is 6. The number of para-hydroxylation sites is 2. The van der Waals surface area contributed by atoms with Gasteiger partial charge in [-0.2, -0.15) is 0 Å². The van der Waals surface area contributed by atoms with Crippen molar-refractivity contribution in [3.8, 4) is 22.3 Å². The maximum atomic E-state index is 2.54. The van der Waals surface area contributed by atoms with Gasteiger partial charge in [0.05, 0.1) is 11.4 Å². The summed E-state index contributed by atoms with van der Waals surface area (Å²) in [6, 6.07) is 60.7. The van der Waals surface area contributed by atoms with Crippen molar-refractivity contribution in [2.45, 2.75) is 0 Å². The maximum Gasteiger partial charge on any atom is 0.252 e. The number of benzene rings is 7. The normalized spacial score (nSPS) is 13.0. The summed E-state index contributed by atoms with van der Waals surface area (Å²) in [5.41, 5.74) is 16.3. The molecule has 0 radical (unpaired) electrons. The summed E-state index contributed by atoms with van der Waals surface area (Å²) in [6.45, 7) is 0.0891. The summed E-state index contributed by atoms with van der Waals surface area (Å²) in [6.07, 6.45) is 0. The quantitative estimate of drug-likeness (QED) is 0.170. The SMILES string of the molecule is c1ccc(-c2c(N3c4ccccc4B4c5ccccc5N(c5ccc6sccc6c5-c5ccccc5)c5cccc3c54)ccc3sccc23)cc1. The maximum absolute atomic E-state index is 2.54. The first-order valence-electron chi connectivity index (χ1n) is 17.4. The molecule has 0 unspecified atom stereocenters. The zero-order valence-electron chi connectivity index (χ0n) is 27.5. The van der Waals surface area contributed by atoms with Crippen LogP contribution in [0.5, 0.6) is 0 Å². The van der Waals surface area contributed by atoms with Gasteiger partial charge in [-0.25, -0.2) is 0 Å². The molecule has 7 aromatic carbocycles. The number of nitrogens with zero attached hydrogens (tertiary/aromatic N) is 2. The third kappa shape index (κ3) is 4.23. The molecule has 2 nitrogen and oxygen atoms in total. The molecule has 51 heavy (non-hydrogen) atoms. The monoisotopic (exact) mass is 684 g/mol. The highest BCUT2D eigenvalue weighted by molar-refractivity contribution is 7.17. The molecule has 2 aliphatic rings. The van der Waals surface area contributed by atoms with Gasteiger partial charge < -0.3 is 9.80 Å². The van der Waals surface area contributed by atoms with Crippen molar-refractivity contribution < 1.29 is 0 Å². The van der Waals surface area contributed by atoms with Crippen LogP contribution in [0, 0.1) is 0 Å². The Bertz CT molecular complexity index is 2600. The van der Waals surface area contributed by atoms with Crippen LogP contribution in [0.4, 0.5) is 34.1 Å². The van der Waals surface area contributed by atoms with Gasteiger partial charge in [0.25, 0.3) is 6.71 Å². The van der Waals surface area contributed by atoms with E-state index in [1.807, 2.05) is 0 Å². The van der Waals surface area contributed by atoms with E-state index in [1.54, 1.807) is 22.7 Å². The lowest BCUT2D eigenvalue weighted by molar-refractivity contribution is 1.26. The Kier molecular flexibility index (Phi) is 6.42. The van der Waals surface area contributed by atoms with Crippen molar-refractivity contribution in [1.29, 1.82) is 0 Å². The minimum atomic E-state index is 0.0891. The van der Waals surface area contributed by atoms with Crippen LogP contribution >= 0.6 is 22.7 Å². The molecule has 4 heterocycles. The predicted molar refractivity (Wildman–Crippen MR) is 222 cm³/mol. The fourth-order valence-corrected chi connectivity index (χ4v) is 10.2. The van der Waals surface area contributed by atoms with Crippen LogP contribution in [0.1, 0.15) is 0 Å². The molecule has 11 rings (SSSR count). The zero-order valence-corrected chi connectivity index (χ0v) is 29.2. The van der Waals surface area contributed by atoms with E-state index in [1.165, 1.54) is 92.9 Å². The van der Waals surface area contributed by atoms with Crippen molar-refractivity contribution in [1.82, 2.24) is 0 Å². The molecule has 0 fully saturated rings. The van der Waals surface area contributed by atoms with Crippen LogP contribution < -0.4 is 26.2 Å². The van der Waals surface area contributed by atoms with Crippen LogP contribution in [-0.4, -0.2) is 6.71 Å². The number of hydrogen-bond donors (Lipinski definition) is 0. The fraction of sp³-hybridized carbons (Fsp3) is 0. The molecule has 0 aliphatic carbocycles. The van der Waals surface area contributed by atoms with Gasteiger partial charge in [-0.05, 0) is 98.9 Å². The van der Waals surface area contributed by atoms with E-state index in [4.69, 9.17) is 0 Å². The van der Waals surface area contributed by atoms with Crippen molar-refractivity contribution in [2.24, 2.45) is 0 Å². The first-order valence-corrected chi connectivity index (χ1v) is 19.1. The predicted octanol–water partition coefficient (Wildman–Crippen LogP) is 11.5. The lowest BCUT2D eigenvalue weighted by atomic mass is 9.33. The van der Waals surface area contributed by atoms with Crippen molar-refractivity contribution in [3.05, 3.63) is 175 Å². The van der Waals surface area contributed by atoms with Crippen LogP contribution in [0.15, 0.2) is 175 Å². The molecule has 0 saturated carbocycles. The second-order valence-corrected chi connectivity index (χ2v) is 15.1. The molecule has 2 aromatic heterocycles. The molecule has 0 atom stereocenters. The lowest BCUT2D eigenvalue weighted by Crippen LogP contribution is -2.61. The Balaban J connectivity index is 1.23. The number of thiophene rings is 2. The van der Waals surface area contributed by atoms with E-state index < -0.39 is 0 Å². The van der Waals surface area contributed by atoms with Gasteiger partial charge >= 0.3 is 0 Å². The number of anilines is 6. The molecule has 5 heteroatoms. The smallest absolute Gasteiger partial charge is 0.252 e. The molecule has 0 saturated heterocycles. The average Bonchev–Trinajstić information content (AvgIpc) is 3.88. The Labute approximate surface area is 305 Å². The van der Waals surface area contributed by atoms with Crippen LogP contribution in [0.2, 0.25) is 0 Å². The minimum absolute atomic E-state index is 0.0891. The van der Waals surface area contributed by atoms with Gasteiger partial charge in [-0.3, -0.25) is 0 Å². The molecule has 238 valence electrons. The van der Waals surface area contributed by atoms with Gasteiger partial charge in [-0.1, -0.05) is 103 Å². The summed E-state index contributed by atoms with van der Waals surface area (Å²) in [5, 5.41) is 7.01. The second kappa shape index (κ2) is 11.3. The second-order valence-electron chi connectivity index (χ2n) is 13.2. The van der Waals surface area contributed by atoms with Crippen LogP contribution in [0.25, 0.3) is 42.4 Å². The topological polar surface area (TPSA) is 6.48 Å². The van der Waals surface area contributed by atoms with E-state index in [0.717, 1.165) is 0 Å². The number of hydrogen-bond acceptors (Lipinski definition) is 4. The average molecular weight is 685 g/mol. The van der Waals surface area contributed by atoms with Gasteiger partial charge in [-0.15, -0.1) is 22.7 Å². The van der Waals surface area contributed by atoms with Gasteiger partial charge in [0.2, 0.25) is 0 Å². The molecule has 0 amide bonds. The molecule has 0 bridgehead atoms. The van der Waals surface area contributed by atoms with Crippen LogP contribution in [-0.2, 0) is 0 Å². The van der Waals surface area contributed by atoms with Crippen molar-refractivity contribution in [3.63, 3.8) is 0 Å². The fourth-order valence-electron chi connectivity index (χ4n) is 8.61. The van der Waals surface area contributed by atoms with E-state index in [-0.39, 0.29) is 6.71 Å². The Morgan fingerprint density at radius 1 is 0.353 bits per heavy atom. The molecule has 2 aliphatic heterocycles. The van der Waals surface area contributed by atoms with E-state index in [0.29, 0.717) is 0 Å². The van der Waals surface area contributed by atoms with E-state index in [2.05, 4.69) is 184 Å². The molecule has 0 spiro atoms. The number of rotatable bonds is 4. The third-order valence-electron chi connectivity index (χ3n) is 10.6. The van der Waals surface area contributed by atoms with Gasteiger partial charge in [0, 0.05) is 54.0 Å². The van der Waals surface area contributed by atoms with Crippen LogP contribution in [0.3, 0.4) is 0 Å². The first-order chi connectivity index (χ1) is 25.3.